The molecule has 0 aromatic carbocycles. The van der Waals surface area contributed by atoms with E-state index >= 15 is 0 Å². The summed E-state index contributed by atoms with van der Waals surface area (Å²) in [4.78, 5) is 37.9. The van der Waals surface area contributed by atoms with E-state index in [9.17, 15) is 29.7 Å². The van der Waals surface area contributed by atoms with Gasteiger partial charge in [-0.1, -0.05) is 31.9 Å². The van der Waals surface area contributed by atoms with Gasteiger partial charge in [-0.2, -0.15) is 0 Å². The van der Waals surface area contributed by atoms with E-state index in [1.807, 2.05) is 13.8 Å². The molecule has 9 nitrogen and oxygen atoms in total. The van der Waals surface area contributed by atoms with Crippen molar-refractivity contribution in [3.05, 3.63) is 22.8 Å². The maximum Gasteiger partial charge on any atom is 0.303 e. The van der Waals surface area contributed by atoms with Crippen LogP contribution in [0.25, 0.3) is 0 Å². The van der Waals surface area contributed by atoms with Crippen molar-refractivity contribution >= 4 is 18.0 Å². The molecule has 3 aliphatic carbocycles. The van der Waals surface area contributed by atoms with E-state index in [1.165, 1.54) is 12.5 Å². The lowest BCUT2D eigenvalue weighted by Gasteiger charge is -2.52. The summed E-state index contributed by atoms with van der Waals surface area (Å²) in [6, 6.07) is 0. The number of rotatable bonds is 5. The van der Waals surface area contributed by atoms with Crippen LogP contribution in [-0.2, 0) is 28.6 Å². The Balaban J connectivity index is 1.84. The molecule has 4 aliphatic rings. The summed E-state index contributed by atoms with van der Waals surface area (Å²) in [5.74, 6) is -0.464. The quantitative estimate of drug-likeness (QED) is 0.288. The minimum atomic E-state index is -1.53. The van der Waals surface area contributed by atoms with Gasteiger partial charge in [0.25, 0.3) is 0 Å². The van der Waals surface area contributed by atoms with Crippen molar-refractivity contribution < 1.29 is 43.9 Å². The molecule has 1 heterocycles. The van der Waals surface area contributed by atoms with Crippen LogP contribution in [0.3, 0.4) is 0 Å². The Morgan fingerprint density at radius 3 is 2.53 bits per heavy atom. The highest BCUT2D eigenvalue weighted by Crippen LogP contribution is 2.62. The molecule has 1 saturated carbocycles. The summed E-state index contributed by atoms with van der Waals surface area (Å²) >= 11 is 0. The predicted molar refractivity (Wildman–Crippen MR) is 127 cm³/mol. The van der Waals surface area contributed by atoms with E-state index in [0.29, 0.717) is 19.1 Å². The van der Waals surface area contributed by atoms with Gasteiger partial charge in [0.1, 0.15) is 36.5 Å². The first-order valence-corrected chi connectivity index (χ1v) is 12.8. The van der Waals surface area contributed by atoms with Crippen molar-refractivity contribution in [2.24, 2.45) is 22.7 Å². The smallest absolute Gasteiger partial charge is 0.303 e. The molecule has 4 rings (SSSR count). The summed E-state index contributed by atoms with van der Waals surface area (Å²) in [6.07, 6.45) is -3.04. The zero-order valence-electron chi connectivity index (χ0n) is 21.6. The van der Waals surface area contributed by atoms with Gasteiger partial charge < -0.3 is 29.5 Å². The Kier molecular flexibility index (Phi) is 7.36. The summed E-state index contributed by atoms with van der Waals surface area (Å²) in [6.45, 7) is 9.18. The first-order valence-electron chi connectivity index (χ1n) is 12.8. The number of allylic oxidation sites excluding steroid dienone is 2. The summed E-state index contributed by atoms with van der Waals surface area (Å²) < 4.78 is 17.4. The minimum Gasteiger partial charge on any atom is -0.458 e. The molecule has 0 amide bonds. The number of esters is 1. The number of ketones is 1. The lowest BCUT2D eigenvalue weighted by Crippen LogP contribution is -2.57. The predicted octanol–water partition coefficient (Wildman–Crippen LogP) is 1.62. The molecule has 3 N–H and O–H groups in total. The third-order valence-corrected chi connectivity index (χ3v) is 8.83. The molecular formula is C27H38O9. The second kappa shape index (κ2) is 9.76. The van der Waals surface area contributed by atoms with Crippen molar-refractivity contribution in [1.29, 1.82) is 0 Å². The first-order chi connectivity index (χ1) is 16.8. The molecule has 2 fully saturated rings. The van der Waals surface area contributed by atoms with Gasteiger partial charge in [-0.15, -0.1) is 0 Å². The fourth-order valence-corrected chi connectivity index (χ4v) is 6.68. The van der Waals surface area contributed by atoms with E-state index in [0.717, 1.165) is 12.0 Å². The highest BCUT2D eigenvalue weighted by Gasteiger charge is 2.60. The third-order valence-electron chi connectivity index (χ3n) is 8.83. The molecule has 0 aromatic heterocycles. The fraction of sp³-hybridized carbons (Fsp3) is 0.741. The second-order valence-corrected chi connectivity index (χ2v) is 11.5. The Labute approximate surface area is 211 Å². The number of hydrogen-bond acceptors (Lipinski definition) is 9. The minimum absolute atomic E-state index is 0.0908. The largest absolute Gasteiger partial charge is 0.458 e. The Hall–Kier alpha value is -1.91. The Bertz CT molecular complexity index is 984. The Morgan fingerprint density at radius 1 is 1.22 bits per heavy atom. The van der Waals surface area contributed by atoms with Gasteiger partial charge in [-0.25, -0.2) is 0 Å². The highest BCUT2D eigenvalue weighted by molar-refractivity contribution is 5.91. The highest BCUT2D eigenvalue weighted by atomic mass is 16.7. The van der Waals surface area contributed by atoms with Crippen LogP contribution < -0.4 is 0 Å². The van der Waals surface area contributed by atoms with E-state index in [-0.39, 0.29) is 36.2 Å². The molecule has 9 atom stereocenters. The van der Waals surface area contributed by atoms with Crippen molar-refractivity contribution in [2.75, 3.05) is 6.61 Å². The molecule has 0 bridgehead atoms. The number of aliphatic hydroxyl groups excluding tert-OH is 3. The van der Waals surface area contributed by atoms with E-state index in [1.54, 1.807) is 6.08 Å². The zero-order valence-corrected chi connectivity index (χ0v) is 21.6. The van der Waals surface area contributed by atoms with Crippen LogP contribution >= 0.6 is 0 Å². The van der Waals surface area contributed by atoms with Gasteiger partial charge >= 0.3 is 5.97 Å². The molecule has 0 aromatic rings. The number of fused-ring (bicyclic) bond motifs is 3. The molecule has 1 aliphatic heterocycles. The second-order valence-electron chi connectivity index (χ2n) is 11.5. The van der Waals surface area contributed by atoms with E-state index < -0.39 is 53.6 Å². The van der Waals surface area contributed by atoms with Crippen LogP contribution in [0.2, 0.25) is 0 Å². The molecule has 9 heteroatoms. The van der Waals surface area contributed by atoms with Crippen LogP contribution in [0, 0.1) is 22.7 Å². The number of ether oxygens (including phenoxy) is 3. The molecule has 200 valence electrons. The molecule has 0 radical (unpaired) electrons. The number of hydrogen-bond donors (Lipinski definition) is 3. The van der Waals surface area contributed by atoms with E-state index in [4.69, 9.17) is 14.2 Å². The van der Waals surface area contributed by atoms with Crippen LogP contribution in [0.5, 0.6) is 0 Å². The SMILES string of the molecule is CC(=O)O[C@@H]1C[C@@H]2C3=C(C(C)C)CC[C@]3(C)C(=O)C[C@@]2(C)[C@@H](O[C@@H]2OC[C@@H](O)[C@H](O)[C@H]2O)C=C1C=O. The Morgan fingerprint density at radius 2 is 1.92 bits per heavy atom. The molecule has 0 spiro atoms. The third kappa shape index (κ3) is 4.39. The lowest BCUT2D eigenvalue weighted by molar-refractivity contribution is -0.288. The lowest BCUT2D eigenvalue weighted by atomic mass is 9.53. The normalized spacial score (nSPS) is 43.0. The maximum absolute atomic E-state index is 13.7. The van der Waals surface area contributed by atoms with Gasteiger partial charge in [0.05, 0.1) is 12.7 Å². The fourth-order valence-electron chi connectivity index (χ4n) is 6.68. The van der Waals surface area contributed by atoms with Crippen LogP contribution in [0.15, 0.2) is 22.8 Å². The van der Waals surface area contributed by atoms with Gasteiger partial charge in [0.2, 0.25) is 0 Å². The maximum atomic E-state index is 13.7. The zero-order chi connectivity index (χ0) is 26.6. The number of aliphatic hydroxyl groups is 3. The summed E-state index contributed by atoms with van der Waals surface area (Å²) in [5, 5.41) is 30.6. The topological polar surface area (TPSA) is 140 Å². The van der Waals surface area contributed by atoms with Gasteiger partial charge in [-0.3, -0.25) is 14.4 Å². The summed E-state index contributed by atoms with van der Waals surface area (Å²) in [5.41, 5.74) is 0.994. The molecule has 0 unspecified atom stereocenters. The number of aldehydes is 1. The van der Waals surface area contributed by atoms with Crippen LogP contribution in [0.1, 0.15) is 60.3 Å². The van der Waals surface area contributed by atoms with Gasteiger partial charge in [0, 0.05) is 29.7 Å². The summed E-state index contributed by atoms with van der Waals surface area (Å²) in [7, 11) is 0. The number of Topliss-reactive ketones (excluding diaryl/α,β-unsaturated/α-hetero) is 1. The van der Waals surface area contributed by atoms with Crippen molar-refractivity contribution in [1.82, 2.24) is 0 Å². The van der Waals surface area contributed by atoms with E-state index in [2.05, 4.69) is 13.8 Å². The average molecular weight is 507 g/mol. The first kappa shape index (κ1) is 27.1. The van der Waals surface area contributed by atoms with Crippen molar-refractivity contribution in [2.45, 2.75) is 97.1 Å². The van der Waals surface area contributed by atoms with Crippen molar-refractivity contribution in [3.8, 4) is 0 Å². The average Bonchev–Trinajstić information content (AvgIpc) is 3.12. The standard InChI is InChI=1S/C27H38O9/c1-13(2)16-6-7-26(4)20(31)10-27(5)17(22(16)26)9-19(35-14(3)29)15(11-28)8-21(27)36-25-24(33)23(32)18(30)12-34-25/h8,11,13,17-19,21,23-25,30,32-33H,6-7,9-10,12H2,1-5H3/t17-,18-,19-,21+,23+,24-,25+,26-,27-/m1/s1. The molecule has 36 heavy (non-hydrogen) atoms. The number of carbonyl (C=O) groups is 3. The van der Waals surface area contributed by atoms with Gasteiger partial charge in [0.15, 0.2) is 6.29 Å². The number of carbonyl (C=O) groups excluding carboxylic acids is 3. The van der Waals surface area contributed by atoms with Crippen molar-refractivity contribution in [3.63, 3.8) is 0 Å². The van der Waals surface area contributed by atoms with Crippen LogP contribution in [0.4, 0.5) is 0 Å². The molecule has 1 saturated heterocycles. The van der Waals surface area contributed by atoms with Crippen LogP contribution in [-0.4, -0.2) is 76.8 Å². The van der Waals surface area contributed by atoms with Gasteiger partial charge in [-0.05, 0) is 44.1 Å². The molecular weight excluding hydrogens is 468 g/mol. The monoisotopic (exact) mass is 506 g/mol.